The van der Waals surface area contributed by atoms with Crippen molar-refractivity contribution in [2.24, 2.45) is 11.8 Å². The van der Waals surface area contributed by atoms with Crippen LogP contribution in [0, 0.1) is 11.8 Å². The summed E-state index contributed by atoms with van der Waals surface area (Å²) in [5.41, 5.74) is 0.879. The molecule has 138 valence electrons. The molecule has 2 bridgehead atoms. The van der Waals surface area contributed by atoms with Crippen molar-refractivity contribution in [3.63, 3.8) is 0 Å². The molecule has 5 heterocycles. The van der Waals surface area contributed by atoms with Gasteiger partial charge in [0.1, 0.15) is 0 Å². The molecule has 0 N–H and O–H groups in total. The maximum Gasteiger partial charge on any atom is 0.292 e. The summed E-state index contributed by atoms with van der Waals surface area (Å²) < 4.78 is 5.30. The summed E-state index contributed by atoms with van der Waals surface area (Å²) >= 11 is 0. The molecule has 0 aromatic carbocycles. The molecule has 5 rings (SSSR count). The number of hydrogen-bond donors (Lipinski definition) is 0. The zero-order valence-corrected chi connectivity index (χ0v) is 15.5. The Morgan fingerprint density at radius 1 is 1.20 bits per heavy atom. The van der Waals surface area contributed by atoms with Crippen molar-refractivity contribution < 1.29 is 9.32 Å². The van der Waals surface area contributed by atoms with Crippen molar-refractivity contribution in [2.75, 3.05) is 45.8 Å². The van der Waals surface area contributed by atoms with Crippen LogP contribution in [0.4, 0.5) is 0 Å². The molecule has 0 saturated carbocycles. The van der Waals surface area contributed by atoms with Crippen LogP contribution in [0.1, 0.15) is 42.9 Å². The standard InChI is InChI=1S/C19H30N4O2/c1-14(2)11-16-12-18(25-20-16)19(24)23-9-7-22(8-10-23)17-13-21-5-3-15(17)4-6-21/h12,14-15,17H,3-11,13H2,1-2H3/t17-/m0/s1. The van der Waals surface area contributed by atoms with Crippen molar-refractivity contribution in [1.29, 1.82) is 0 Å². The first-order chi connectivity index (χ1) is 12.1. The molecule has 1 aromatic rings. The molecule has 0 radical (unpaired) electrons. The number of fused-ring (bicyclic) bond motifs is 3. The maximum atomic E-state index is 12.7. The molecule has 25 heavy (non-hydrogen) atoms. The summed E-state index contributed by atoms with van der Waals surface area (Å²) in [7, 11) is 0. The Bertz CT molecular complexity index is 598. The van der Waals surface area contributed by atoms with Gasteiger partial charge in [0, 0.05) is 44.8 Å². The first kappa shape index (κ1) is 17.0. The van der Waals surface area contributed by atoms with E-state index in [2.05, 4.69) is 28.8 Å². The van der Waals surface area contributed by atoms with E-state index in [1.165, 1.54) is 32.5 Å². The van der Waals surface area contributed by atoms with Crippen molar-refractivity contribution >= 4 is 5.91 Å². The molecule has 6 heteroatoms. The highest BCUT2D eigenvalue weighted by Crippen LogP contribution is 2.31. The molecule has 0 aliphatic carbocycles. The predicted octanol–water partition coefficient (Wildman–Crippen LogP) is 1.73. The number of carbonyl (C=O) groups is 1. The highest BCUT2D eigenvalue weighted by molar-refractivity contribution is 5.91. The van der Waals surface area contributed by atoms with Gasteiger partial charge in [-0.25, -0.2) is 0 Å². The fourth-order valence-electron chi connectivity index (χ4n) is 4.69. The quantitative estimate of drug-likeness (QED) is 0.831. The van der Waals surface area contributed by atoms with E-state index in [1.54, 1.807) is 0 Å². The highest BCUT2D eigenvalue weighted by Gasteiger charge is 2.38. The van der Waals surface area contributed by atoms with Gasteiger partial charge in [-0.2, -0.15) is 0 Å². The molecule has 1 aromatic heterocycles. The zero-order valence-electron chi connectivity index (χ0n) is 15.5. The number of hydrogen-bond acceptors (Lipinski definition) is 5. The lowest BCUT2D eigenvalue weighted by Crippen LogP contribution is -2.61. The van der Waals surface area contributed by atoms with Gasteiger partial charge in [-0.3, -0.25) is 9.69 Å². The van der Waals surface area contributed by atoms with Gasteiger partial charge < -0.3 is 14.3 Å². The number of piperazine rings is 1. The van der Waals surface area contributed by atoms with E-state index < -0.39 is 0 Å². The Kier molecular flexibility index (Phi) is 4.82. The van der Waals surface area contributed by atoms with E-state index in [-0.39, 0.29) is 5.91 Å². The molecular formula is C19H30N4O2. The van der Waals surface area contributed by atoms with Crippen molar-refractivity contribution in [1.82, 2.24) is 19.9 Å². The van der Waals surface area contributed by atoms with Crippen LogP contribution in [0.5, 0.6) is 0 Å². The van der Waals surface area contributed by atoms with Crippen LogP contribution >= 0.6 is 0 Å². The van der Waals surface area contributed by atoms with Gasteiger partial charge in [0.2, 0.25) is 5.76 Å². The fraction of sp³-hybridized carbons (Fsp3) is 0.789. The number of amides is 1. The third kappa shape index (κ3) is 3.60. The zero-order chi connectivity index (χ0) is 17.4. The minimum absolute atomic E-state index is 0.00364. The molecule has 4 aliphatic rings. The van der Waals surface area contributed by atoms with Gasteiger partial charge in [0.25, 0.3) is 5.91 Å². The van der Waals surface area contributed by atoms with Crippen molar-refractivity contribution in [2.45, 2.75) is 39.2 Å². The Balaban J connectivity index is 1.32. The number of carbonyl (C=O) groups excluding carboxylic acids is 1. The third-order valence-corrected chi connectivity index (χ3v) is 6.08. The molecule has 1 atom stereocenters. The van der Waals surface area contributed by atoms with E-state index in [9.17, 15) is 4.79 Å². The van der Waals surface area contributed by atoms with E-state index >= 15 is 0 Å². The molecule has 0 unspecified atom stereocenters. The lowest BCUT2D eigenvalue weighted by Gasteiger charge is -2.50. The van der Waals surface area contributed by atoms with Crippen LogP contribution in [-0.4, -0.2) is 77.6 Å². The average molecular weight is 346 g/mol. The number of rotatable bonds is 4. The van der Waals surface area contributed by atoms with Crippen LogP contribution in [0.3, 0.4) is 0 Å². The summed E-state index contributed by atoms with van der Waals surface area (Å²) in [5, 5.41) is 4.05. The molecule has 1 amide bonds. The minimum Gasteiger partial charge on any atom is -0.351 e. The number of piperidine rings is 3. The number of aromatic nitrogens is 1. The summed E-state index contributed by atoms with van der Waals surface area (Å²) in [6.07, 6.45) is 3.55. The predicted molar refractivity (Wildman–Crippen MR) is 95.5 cm³/mol. The van der Waals surface area contributed by atoms with Gasteiger partial charge >= 0.3 is 0 Å². The van der Waals surface area contributed by atoms with E-state index in [0.29, 0.717) is 17.7 Å². The van der Waals surface area contributed by atoms with Crippen LogP contribution in [0.15, 0.2) is 10.6 Å². The number of nitrogens with zero attached hydrogens (tertiary/aromatic N) is 4. The van der Waals surface area contributed by atoms with Gasteiger partial charge in [0.15, 0.2) is 0 Å². The van der Waals surface area contributed by atoms with E-state index in [1.807, 2.05) is 11.0 Å². The monoisotopic (exact) mass is 346 g/mol. The van der Waals surface area contributed by atoms with Crippen molar-refractivity contribution in [3.05, 3.63) is 17.5 Å². The van der Waals surface area contributed by atoms with Gasteiger partial charge in [-0.05, 0) is 44.2 Å². The van der Waals surface area contributed by atoms with Gasteiger partial charge in [-0.1, -0.05) is 19.0 Å². The Labute approximate surface area is 150 Å². The van der Waals surface area contributed by atoms with Crippen LogP contribution in [-0.2, 0) is 6.42 Å². The van der Waals surface area contributed by atoms with E-state index in [4.69, 9.17) is 4.52 Å². The van der Waals surface area contributed by atoms with Crippen molar-refractivity contribution in [3.8, 4) is 0 Å². The smallest absolute Gasteiger partial charge is 0.292 e. The van der Waals surface area contributed by atoms with Crippen LogP contribution in [0.2, 0.25) is 0 Å². The summed E-state index contributed by atoms with van der Waals surface area (Å²) in [6, 6.07) is 2.52. The second kappa shape index (κ2) is 7.08. The Morgan fingerprint density at radius 3 is 2.52 bits per heavy atom. The summed E-state index contributed by atoms with van der Waals surface area (Å²) in [4.78, 5) is 19.8. The van der Waals surface area contributed by atoms with Gasteiger partial charge in [0.05, 0.1) is 5.69 Å². The molecule has 4 fully saturated rings. The second-order valence-corrected chi connectivity index (χ2v) is 8.31. The van der Waals surface area contributed by atoms with Crippen LogP contribution < -0.4 is 0 Å². The first-order valence-corrected chi connectivity index (χ1v) is 9.81. The largest absolute Gasteiger partial charge is 0.351 e. The molecule has 4 saturated heterocycles. The molecule has 4 aliphatic heterocycles. The lowest BCUT2D eigenvalue weighted by atomic mass is 9.83. The highest BCUT2D eigenvalue weighted by atomic mass is 16.5. The van der Waals surface area contributed by atoms with Gasteiger partial charge in [-0.15, -0.1) is 0 Å². The third-order valence-electron chi connectivity index (χ3n) is 6.08. The SMILES string of the molecule is CC(C)Cc1cc(C(=O)N2CCN([C@H]3CN4CCC3CC4)CC2)on1. The topological polar surface area (TPSA) is 52.8 Å². The fourth-order valence-corrected chi connectivity index (χ4v) is 4.69. The first-order valence-electron chi connectivity index (χ1n) is 9.81. The maximum absolute atomic E-state index is 12.7. The Hall–Kier alpha value is -1.40. The summed E-state index contributed by atoms with van der Waals surface area (Å²) in [6.45, 7) is 11.6. The Morgan fingerprint density at radius 2 is 1.92 bits per heavy atom. The minimum atomic E-state index is -0.00364. The molecular weight excluding hydrogens is 316 g/mol. The lowest BCUT2D eigenvalue weighted by molar-refractivity contribution is -0.0136. The molecule has 0 spiro atoms. The summed E-state index contributed by atoms with van der Waals surface area (Å²) in [5.74, 6) is 1.77. The second-order valence-electron chi connectivity index (χ2n) is 8.31. The normalized spacial score (nSPS) is 30.2. The molecule has 6 nitrogen and oxygen atoms in total. The van der Waals surface area contributed by atoms with E-state index in [0.717, 1.165) is 44.2 Å². The average Bonchev–Trinajstić information content (AvgIpc) is 3.10. The van der Waals surface area contributed by atoms with Crippen LogP contribution in [0.25, 0.3) is 0 Å².